The summed E-state index contributed by atoms with van der Waals surface area (Å²) in [5.41, 5.74) is 1.18. The molecular weight excluding hydrogens is 327 g/mol. The first-order valence-electron chi connectivity index (χ1n) is 8.17. The number of rotatable bonds is 3. The molecule has 1 atom stereocenters. The molecule has 1 unspecified atom stereocenters. The molecule has 25 heavy (non-hydrogen) atoms. The number of oxazole rings is 1. The van der Waals surface area contributed by atoms with Crippen molar-refractivity contribution in [1.82, 2.24) is 9.88 Å². The number of benzene rings is 1. The summed E-state index contributed by atoms with van der Waals surface area (Å²) in [5, 5.41) is 0. The van der Waals surface area contributed by atoms with E-state index in [0.29, 0.717) is 23.9 Å². The van der Waals surface area contributed by atoms with Crippen LogP contribution in [0.25, 0.3) is 11.1 Å². The fourth-order valence-electron chi connectivity index (χ4n) is 2.95. The lowest BCUT2D eigenvalue weighted by atomic mass is 10.1. The standard InChI is InChI=1S/C18H21FN2O4/c1-18(2,3)25-17(23)21(4)8-14-20-13-7-11-5-10(9-22)6-12(11)15(19)16(13)24-14/h7,9-10H,5-6,8H2,1-4H3. The van der Waals surface area contributed by atoms with Gasteiger partial charge in [0.15, 0.2) is 11.4 Å². The van der Waals surface area contributed by atoms with E-state index in [0.717, 1.165) is 11.8 Å². The third-order valence-corrected chi connectivity index (χ3v) is 4.08. The second-order valence-electron chi connectivity index (χ2n) is 7.42. The molecule has 0 saturated heterocycles. The van der Waals surface area contributed by atoms with Gasteiger partial charge in [-0.2, -0.15) is 0 Å². The van der Waals surface area contributed by atoms with E-state index in [-0.39, 0.29) is 23.9 Å². The summed E-state index contributed by atoms with van der Waals surface area (Å²) in [7, 11) is 1.56. The minimum Gasteiger partial charge on any atom is -0.444 e. The van der Waals surface area contributed by atoms with Gasteiger partial charge in [-0.05, 0) is 50.8 Å². The summed E-state index contributed by atoms with van der Waals surface area (Å²) in [6.45, 7) is 5.41. The molecule has 7 heteroatoms. The van der Waals surface area contributed by atoms with Crippen molar-refractivity contribution < 1.29 is 23.1 Å². The van der Waals surface area contributed by atoms with Crippen LogP contribution in [0.1, 0.15) is 37.8 Å². The Labute approximate surface area is 144 Å². The summed E-state index contributed by atoms with van der Waals surface area (Å²) in [5.74, 6) is -0.415. The molecule has 2 aromatic rings. The first-order valence-corrected chi connectivity index (χ1v) is 8.17. The van der Waals surface area contributed by atoms with Crippen LogP contribution in [0.2, 0.25) is 0 Å². The molecule has 134 valence electrons. The van der Waals surface area contributed by atoms with Crippen LogP contribution < -0.4 is 0 Å². The molecule has 0 spiro atoms. The van der Waals surface area contributed by atoms with E-state index in [1.165, 1.54) is 4.90 Å². The number of aromatic nitrogens is 1. The molecule has 1 amide bonds. The molecular formula is C18H21FN2O4. The summed E-state index contributed by atoms with van der Waals surface area (Å²) in [4.78, 5) is 28.6. The van der Waals surface area contributed by atoms with Crippen LogP contribution in [0.15, 0.2) is 10.5 Å². The van der Waals surface area contributed by atoms with Crippen molar-refractivity contribution in [2.75, 3.05) is 7.05 Å². The van der Waals surface area contributed by atoms with Crippen LogP contribution in [0.4, 0.5) is 9.18 Å². The second-order valence-corrected chi connectivity index (χ2v) is 7.42. The Morgan fingerprint density at radius 3 is 2.84 bits per heavy atom. The average molecular weight is 348 g/mol. The largest absolute Gasteiger partial charge is 0.444 e. The van der Waals surface area contributed by atoms with E-state index in [1.54, 1.807) is 33.9 Å². The number of carbonyl (C=O) groups excluding carboxylic acids is 2. The molecule has 1 heterocycles. The molecule has 1 aliphatic carbocycles. The fourth-order valence-corrected chi connectivity index (χ4v) is 2.95. The number of fused-ring (bicyclic) bond motifs is 2. The molecule has 1 aliphatic rings. The average Bonchev–Trinajstić information content (AvgIpc) is 3.09. The van der Waals surface area contributed by atoms with E-state index in [9.17, 15) is 14.0 Å². The van der Waals surface area contributed by atoms with Crippen molar-refractivity contribution in [2.24, 2.45) is 5.92 Å². The maximum atomic E-state index is 14.7. The van der Waals surface area contributed by atoms with Gasteiger partial charge in [0.25, 0.3) is 0 Å². The predicted molar refractivity (Wildman–Crippen MR) is 88.6 cm³/mol. The Kier molecular flexibility index (Phi) is 4.26. The molecule has 1 aromatic heterocycles. The van der Waals surface area contributed by atoms with Crippen molar-refractivity contribution in [3.8, 4) is 0 Å². The highest BCUT2D eigenvalue weighted by molar-refractivity contribution is 5.77. The Morgan fingerprint density at radius 2 is 2.20 bits per heavy atom. The lowest BCUT2D eigenvalue weighted by Gasteiger charge is -2.23. The van der Waals surface area contributed by atoms with Gasteiger partial charge in [-0.25, -0.2) is 14.2 Å². The summed E-state index contributed by atoms with van der Waals surface area (Å²) >= 11 is 0. The van der Waals surface area contributed by atoms with Gasteiger partial charge < -0.3 is 18.8 Å². The van der Waals surface area contributed by atoms with Crippen molar-refractivity contribution in [2.45, 2.75) is 45.8 Å². The van der Waals surface area contributed by atoms with Gasteiger partial charge in [0.1, 0.15) is 23.9 Å². The molecule has 6 nitrogen and oxygen atoms in total. The Hall–Kier alpha value is -2.44. The number of nitrogens with zero attached hydrogens (tertiary/aromatic N) is 2. The quantitative estimate of drug-likeness (QED) is 0.796. The Bertz CT molecular complexity index is 838. The molecule has 0 fully saturated rings. The molecule has 0 N–H and O–H groups in total. The van der Waals surface area contributed by atoms with E-state index in [4.69, 9.17) is 9.15 Å². The zero-order valence-electron chi connectivity index (χ0n) is 14.8. The minimum absolute atomic E-state index is 0.0675. The van der Waals surface area contributed by atoms with Crippen LogP contribution >= 0.6 is 0 Å². The highest BCUT2D eigenvalue weighted by Crippen LogP contribution is 2.33. The van der Waals surface area contributed by atoms with Crippen molar-refractivity contribution in [3.05, 3.63) is 28.9 Å². The van der Waals surface area contributed by atoms with Crippen LogP contribution in [0.3, 0.4) is 0 Å². The van der Waals surface area contributed by atoms with Gasteiger partial charge in [-0.1, -0.05) is 0 Å². The molecule has 3 rings (SSSR count). The minimum atomic E-state index is -0.602. The van der Waals surface area contributed by atoms with E-state index in [1.807, 2.05) is 0 Å². The van der Waals surface area contributed by atoms with Crippen LogP contribution in [0, 0.1) is 11.7 Å². The first kappa shape index (κ1) is 17.4. The topological polar surface area (TPSA) is 72.6 Å². The van der Waals surface area contributed by atoms with Crippen LogP contribution in [-0.4, -0.2) is 34.9 Å². The Morgan fingerprint density at radius 1 is 1.48 bits per heavy atom. The third-order valence-electron chi connectivity index (χ3n) is 4.08. The molecule has 1 aromatic carbocycles. The van der Waals surface area contributed by atoms with E-state index in [2.05, 4.69) is 4.98 Å². The van der Waals surface area contributed by atoms with Gasteiger partial charge >= 0.3 is 6.09 Å². The van der Waals surface area contributed by atoms with Gasteiger partial charge in [-0.15, -0.1) is 0 Å². The van der Waals surface area contributed by atoms with Crippen molar-refractivity contribution in [3.63, 3.8) is 0 Å². The van der Waals surface area contributed by atoms with E-state index < -0.39 is 17.5 Å². The zero-order chi connectivity index (χ0) is 18.4. The number of halogens is 1. The van der Waals surface area contributed by atoms with Crippen molar-refractivity contribution >= 4 is 23.5 Å². The maximum absolute atomic E-state index is 14.7. The normalized spacial score (nSPS) is 16.8. The smallest absolute Gasteiger partial charge is 0.410 e. The third kappa shape index (κ3) is 3.50. The number of carbonyl (C=O) groups is 2. The molecule has 0 saturated carbocycles. The number of aldehydes is 1. The summed E-state index contributed by atoms with van der Waals surface area (Å²) in [6.07, 6.45) is 1.25. The van der Waals surface area contributed by atoms with Crippen LogP contribution in [0.5, 0.6) is 0 Å². The second kappa shape index (κ2) is 6.13. The SMILES string of the molecule is CN(Cc1nc2cc3c(c(F)c2o1)CC(C=O)C3)C(=O)OC(C)(C)C. The fraction of sp³-hybridized carbons (Fsp3) is 0.500. The summed E-state index contributed by atoms with van der Waals surface area (Å²) < 4.78 is 25.4. The molecule has 0 aliphatic heterocycles. The Balaban J connectivity index is 1.82. The summed E-state index contributed by atoms with van der Waals surface area (Å²) in [6, 6.07) is 1.76. The van der Waals surface area contributed by atoms with Crippen molar-refractivity contribution in [1.29, 1.82) is 0 Å². The first-order chi connectivity index (χ1) is 11.7. The number of hydrogen-bond donors (Lipinski definition) is 0. The number of amides is 1. The molecule has 0 bridgehead atoms. The molecule has 0 radical (unpaired) electrons. The van der Waals surface area contributed by atoms with Gasteiger partial charge in [-0.3, -0.25) is 0 Å². The highest BCUT2D eigenvalue weighted by atomic mass is 19.1. The monoisotopic (exact) mass is 348 g/mol. The lowest BCUT2D eigenvalue weighted by Crippen LogP contribution is -2.33. The van der Waals surface area contributed by atoms with Gasteiger partial charge in [0.2, 0.25) is 5.89 Å². The zero-order valence-corrected chi connectivity index (χ0v) is 14.8. The van der Waals surface area contributed by atoms with Gasteiger partial charge in [0, 0.05) is 13.0 Å². The number of ether oxygens (including phenoxy) is 1. The van der Waals surface area contributed by atoms with Gasteiger partial charge in [0.05, 0.1) is 0 Å². The van der Waals surface area contributed by atoms with E-state index >= 15 is 0 Å². The maximum Gasteiger partial charge on any atom is 0.410 e. The lowest BCUT2D eigenvalue weighted by molar-refractivity contribution is -0.110. The predicted octanol–water partition coefficient (Wildman–Crippen LogP) is 3.25. The van der Waals surface area contributed by atoms with Crippen LogP contribution in [-0.2, 0) is 28.9 Å². The highest BCUT2D eigenvalue weighted by Gasteiger charge is 2.28. The number of hydrogen-bond acceptors (Lipinski definition) is 5.